The Hall–Kier alpha value is -4.32. The lowest BCUT2D eigenvalue weighted by Crippen LogP contribution is -2.46. The third-order valence-corrected chi connectivity index (χ3v) is 6.70. The molecular formula is C29H27N5O. The average molecular weight is 462 g/mol. The van der Waals surface area contributed by atoms with Crippen LogP contribution in [-0.4, -0.2) is 47.8 Å². The summed E-state index contributed by atoms with van der Waals surface area (Å²) in [6.45, 7) is 3.64. The first-order valence-corrected chi connectivity index (χ1v) is 11.9. The quantitative estimate of drug-likeness (QED) is 0.350. The van der Waals surface area contributed by atoms with Crippen LogP contribution in [0.15, 0.2) is 97.5 Å². The molecule has 0 atom stereocenters. The molecule has 2 aromatic heterocycles. The van der Waals surface area contributed by atoms with Gasteiger partial charge in [-0.3, -0.25) is 0 Å². The Morgan fingerprint density at radius 1 is 0.686 bits per heavy atom. The molecule has 0 spiro atoms. The second-order valence-electron chi connectivity index (χ2n) is 8.68. The fourth-order valence-corrected chi connectivity index (χ4v) is 4.88. The maximum atomic E-state index is 5.31. The number of fused-ring (bicyclic) bond motifs is 1. The highest BCUT2D eigenvalue weighted by atomic mass is 16.5. The summed E-state index contributed by atoms with van der Waals surface area (Å²) in [5.74, 6) is 1.88. The molecule has 6 rings (SSSR count). The van der Waals surface area contributed by atoms with Gasteiger partial charge in [-0.1, -0.05) is 48.5 Å². The van der Waals surface area contributed by atoms with Crippen LogP contribution in [0.3, 0.4) is 0 Å². The normalized spacial score (nSPS) is 13.9. The number of methoxy groups -OCH3 is 1. The zero-order valence-corrected chi connectivity index (χ0v) is 19.7. The molecule has 35 heavy (non-hydrogen) atoms. The van der Waals surface area contributed by atoms with Crippen molar-refractivity contribution >= 4 is 22.5 Å². The Balaban J connectivity index is 1.38. The lowest BCUT2D eigenvalue weighted by Gasteiger charge is -2.37. The molecule has 1 saturated heterocycles. The van der Waals surface area contributed by atoms with Crippen molar-refractivity contribution in [3.05, 3.63) is 97.5 Å². The topological polar surface area (TPSA) is 46.4 Å². The van der Waals surface area contributed by atoms with Gasteiger partial charge in [0.05, 0.1) is 12.5 Å². The van der Waals surface area contributed by atoms with Crippen LogP contribution in [0.5, 0.6) is 5.75 Å². The zero-order chi connectivity index (χ0) is 23.6. The van der Waals surface area contributed by atoms with E-state index < -0.39 is 0 Å². The molecule has 6 heteroatoms. The van der Waals surface area contributed by atoms with Gasteiger partial charge in [0.15, 0.2) is 5.65 Å². The van der Waals surface area contributed by atoms with Gasteiger partial charge in [-0.2, -0.15) is 0 Å². The summed E-state index contributed by atoms with van der Waals surface area (Å²) in [6, 6.07) is 29.2. The van der Waals surface area contributed by atoms with Gasteiger partial charge in [-0.25, -0.2) is 9.97 Å². The van der Waals surface area contributed by atoms with Crippen molar-refractivity contribution in [2.75, 3.05) is 43.1 Å². The molecule has 6 nitrogen and oxygen atoms in total. The number of benzene rings is 3. The highest BCUT2D eigenvalue weighted by Gasteiger charge is 2.24. The van der Waals surface area contributed by atoms with Crippen molar-refractivity contribution in [1.29, 1.82) is 0 Å². The van der Waals surface area contributed by atoms with E-state index in [-0.39, 0.29) is 0 Å². The van der Waals surface area contributed by atoms with E-state index in [0.717, 1.165) is 60.0 Å². The van der Waals surface area contributed by atoms with Crippen LogP contribution in [0.25, 0.3) is 27.8 Å². The number of rotatable bonds is 5. The van der Waals surface area contributed by atoms with Crippen molar-refractivity contribution in [1.82, 2.24) is 14.5 Å². The summed E-state index contributed by atoms with van der Waals surface area (Å²) in [4.78, 5) is 14.4. The fourth-order valence-electron chi connectivity index (χ4n) is 4.88. The van der Waals surface area contributed by atoms with E-state index in [4.69, 9.17) is 14.7 Å². The molecule has 3 aromatic carbocycles. The number of anilines is 2. The van der Waals surface area contributed by atoms with E-state index >= 15 is 0 Å². The summed E-state index contributed by atoms with van der Waals surface area (Å²) >= 11 is 0. The Morgan fingerprint density at radius 2 is 1.34 bits per heavy atom. The van der Waals surface area contributed by atoms with Crippen LogP contribution in [0.1, 0.15) is 0 Å². The van der Waals surface area contributed by atoms with Crippen LogP contribution in [0.2, 0.25) is 0 Å². The van der Waals surface area contributed by atoms with Crippen LogP contribution >= 0.6 is 0 Å². The molecule has 5 aromatic rings. The molecule has 0 N–H and O–H groups in total. The SMILES string of the molecule is COc1ccc(N2CCN(c3ncnc4c3c(-c3ccccc3)cn4-c3ccccc3)CC2)cc1. The number of hydrogen-bond acceptors (Lipinski definition) is 5. The molecule has 1 aliphatic heterocycles. The van der Waals surface area contributed by atoms with Crippen LogP contribution in [0.4, 0.5) is 11.5 Å². The Bertz CT molecular complexity index is 1420. The van der Waals surface area contributed by atoms with Gasteiger partial charge >= 0.3 is 0 Å². The Labute approximate surface area is 205 Å². The van der Waals surface area contributed by atoms with E-state index in [2.05, 4.69) is 87.3 Å². The molecule has 0 amide bonds. The monoisotopic (exact) mass is 461 g/mol. The minimum atomic E-state index is 0.882. The van der Waals surface area contributed by atoms with Gasteiger partial charge in [0.1, 0.15) is 17.9 Å². The van der Waals surface area contributed by atoms with E-state index in [1.165, 1.54) is 11.3 Å². The lowest BCUT2D eigenvalue weighted by atomic mass is 10.1. The molecule has 174 valence electrons. The largest absolute Gasteiger partial charge is 0.497 e. The van der Waals surface area contributed by atoms with Crippen LogP contribution in [-0.2, 0) is 0 Å². The zero-order valence-electron chi connectivity index (χ0n) is 19.7. The molecule has 1 fully saturated rings. The van der Waals surface area contributed by atoms with Crippen molar-refractivity contribution < 1.29 is 4.74 Å². The Kier molecular flexibility index (Phi) is 5.54. The van der Waals surface area contributed by atoms with Gasteiger partial charge in [-0.15, -0.1) is 0 Å². The summed E-state index contributed by atoms with van der Waals surface area (Å²) in [5, 5.41) is 1.10. The molecule has 0 saturated carbocycles. The van der Waals surface area contributed by atoms with Crippen molar-refractivity contribution in [3.63, 3.8) is 0 Å². The van der Waals surface area contributed by atoms with Crippen molar-refractivity contribution in [3.8, 4) is 22.6 Å². The average Bonchev–Trinajstić information content (AvgIpc) is 3.34. The Morgan fingerprint density at radius 3 is 2.03 bits per heavy atom. The molecule has 0 aliphatic carbocycles. The molecular weight excluding hydrogens is 434 g/mol. The van der Waals surface area contributed by atoms with Crippen molar-refractivity contribution in [2.45, 2.75) is 0 Å². The highest BCUT2D eigenvalue weighted by Crippen LogP contribution is 2.37. The van der Waals surface area contributed by atoms with E-state index in [1.807, 2.05) is 18.2 Å². The summed E-state index contributed by atoms with van der Waals surface area (Å²) in [5.41, 5.74) is 5.56. The molecule has 0 radical (unpaired) electrons. The van der Waals surface area contributed by atoms with Crippen LogP contribution < -0.4 is 14.5 Å². The van der Waals surface area contributed by atoms with Crippen LogP contribution in [0, 0.1) is 0 Å². The molecule has 0 unspecified atom stereocenters. The minimum Gasteiger partial charge on any atom is -0.497 e. The van der Waals surface area contributed by atoms with Gasteiger partial charge in [0.25, 0.3) is 0 Å². The fraction of sp³-hybridized carbons (Fsp3) is 0.172. The molecule has 1 aliphatic rings. The van der Waals surface area contributed by atoms with E-state index in [9.17, 15) is 0 Å². The maximum Gasteiger partial charge on any atom is 0.150 e. The number of aromatic nitrogens is 3. The lowest BCUT2D eigenvalue weighted by molar-refractivity contribution is 0.415. The van der Waals surface area contributed by atoms with E-state index in [0.29, 0.717) is 0 Å². The second kappa shape index (κ2) is 9.14. The predicted molar refractivity (Wildman–Crippen MR) is 142 cm³/mol. The maximum absolute atomic E-state index is 5.31. The number of piperazine rings is 1. The number of nitrogens with zero attached hydrogens (tertiary/aromatic N) is 5. The smallest absolute Gasteiger partial charge is 0.150 e. The third-order valence-electron chi connectivity index (χ3n) is 6.70. The number of hydrogen-bond donors (Lipinski definition) is 0. The predicted octanol–water partition coefficient (Wildman–Crippen LogP) is 5.42. The first kappa shape index (κ1) is 21.2. The minimum absolute atomic E-state index is 0.882. The summed E-state index contributed by atoms with van der Waals surface area (Å²) < 4.78 is 7.49. The standard InChI is InChI=1S/C29H27N5O/c1-35-25-14-12-23(13-15-25)32-16-18-33(19-17-32)28-27-26(22-8-4-2-5-9-22)20-34(29(27)31-21-30-28)24-10-6-3-7-11-24/h2-15,20-21H,16-19H2,1H3. The summed E-state index contributed by atoms with van der Waals surface area (Å²) in [6.07, 6.45) is 3.89. The first-order valence-electron chi connectivity index (χ1n) is 11.9. The van der Waals surface area contributed by atoms with Gasteiger partial charge in [0, 0.05) is 49.3 Å². The van der Waals surface area contributed by atoms with E-state index in [1.54, 1.807) is 13.4 Å². The van der Waals surface area contributed by atoms with Gasteiger partial charge < -0.3 is 19.1 Å². The molecule has 3 heterocycles. The van der Waals surface area contributed by atoms with Gasteiger partial charge in [-0.05, 0) is 42.0 Å². The highest BCUT2D eigenvalue weighted by molar-refractivity contribution is 6.02. The first-order chi connectivity index (χ1) is 17.3. The third kappa shape index (κ3) is 3.97. The number of para-hydroxylation sites is 1. The second-order valence-corrected chi connectivity index (χ2v) is 8.68. The number of ether oxygens (including phenoxy) is 1. The van der Waals surface area contributed by atoms with Crippen molar-refractivity contribution in [2.24, 2.45) is 0 Å². The summed E-state index contributed by atoms with van der Waals surface area (Å²) in [7, 11) is 1.70. The molecule has 0 bridgehead atoms. The van der Waals surface area contributed by atoms with Gasteiger partial charge in [0.2, 0.25) is 0 Å².